The quantitative estimate of drug-likeness (QED) is 0.204. The van der Waals surface area contributed by atoms with Gasteiger partial charge in [-0.25, -0.2) is 19.2 Å². The topological polar surface area (TPSA) is 105 Å². The van der Waals surface area contributed by atoms with Crippen molar-refractivity contribution in [2.45, 2.75) is 103 Å². The molecule has 0 aromatic carbocycles. The van der Waals surface area contributed by atoms with Gasteiger partial charge in [-0.05, 0) is 103 Å². The van der Waals surface area contributed by atoms with Gasteiger partial charge in [-0.1, -0.05) is 24.3 Å². The molecular weight excluding hydrogens is 524 g/mol. The zero-order valence-corrected chi connectivity index (χ0v) is 24.2. The molecule has 4 aliphatic carbocycles. The number of hydrogen-bond acceptors (Lipinski definition) is 8. The lowest BCUT2D eigenvalue weighted by Gasteiger charge is -2.32. The van der Waals surface area contributed by atoms with Crippen LogP contribution in [0.2, 0.25) is 0 Å². The predicted octanol–water partition coefficient (Wildman–Crippen LogP) is 6.15. The fraction of sp³-hybridized carbons (Fsp3) is 0.636. The van der Waals surface area contributed by atoms with Crippen LogP contribution in [0.25, 0.3) is 0 Å². The van der Waals surface area contributed by atoms with E-state index in [2.05, 4.69) is 0 Å². The third-order valence-corrected chi connectivity index (χ3v) is 8.25. The monoisotopic (exact) mass is 568 g/mol. The van der Waals surface area contributed by atoms with Crippen LogP contribution < -0.4 is 0 Å². The molecule has 0 aliphatic heterocycles. The molecule has 4 aliphatic rings. The molecule has 0 saturated carbocycles. The zero-order valence-electron chi connectivity index (χ0n) is 24.2. The van der Waals surface area contributed by atoms with Crippen molar-refractivity contribution in [1.82, 2.24) is 0 Å². The lowest BCUT2D eigenvalue weighted by atomic mass is 9.91. The van der Waals surface area contributed by atoms with Crippen molar-refractivity contribution in [2.75, 3.05) is 26.4 Å². The highest BCUT2D eigenvalue weighted by atomic mass is 16.6. The average Bonchev–Trinajstić information content (AvgIpc) is 3.05. The minimum Gasteiger partial charge on any atom is -0.461 e. The van der Waals surface area contributed by atoms with Gasteiger partial charge in [0.15, 0.2) is 0 Å². The third kappa shape index (κ3) is 9.44. The number of rotatable bonds is 12. The van der Waals surface area contributed by atoms with Crippen LogP contribution >= 0.6 is 0 Å². The summed E-state index contributed by atoms with van der Waals surface area (Å²) in [4.78, 5) is 51.8. The molecule has 224 valence electrons. The Kier molecular flexibility index (Phi) is 11.8. The molecule has 0 N–H and O–H groups in total. The third-order valence-electron chi connectivity index (χ3n) is 8.25. The molecule has 0 spiro atoms. The Balaban J connectivity index is 1.52. The minimum absolute atomic E-state index is 0.228. The first-order valence-corrected chi connectivity index (χ1v) is 15.4. The summed E-state index contributed by atoms with van der Waals surface area (Å²) < 4.78 is 23.0. The summed E-state index contributed by atoms with van der Waals surface area (Å²) in [5.74, 6) is -1.79. The highest BCUT2D eigenvalue weighted by Crippen LogP contribution is 2.28. The van der Waals surface area contributed by atoms with Gasteiger partial charge in [0.2, 0.25) is 0 Å². The number of hydrogen-bond donors (Lipinski definition) is 0. The van der Waals surface area contributed by atoms with Crippen LogP contribution in [-0.4, -0.2) is 50.3 Å². The maximum Gasteiger partial charge on any atom is 0.333 e. The van der Waals surface area contributed by atoms with Crippen LogP contribution in [0.4, 0.5) is 0 Å². The molecule has 41 heavy (non-hydrogen) atoms. The van der Waals surface area contributed by atoms with Gasteiger partial charge in [0.05, 0.1) is 0 Å². The molecule has 0 aromatic rings. The van der Waals surface area contributed by atoms with Crippen LogP contribution in [0.3, 0.4) is 0 Å². The summed E-state index contributed by atoms with van der Waals surface area (Å²) in [5, 5.41) is 0. The van der Waals surface area contributed by atoms with E-state index in [4.69, 9.17) is 18.9 Å². The van der Waals surface area contributed by atoms with E-state index in [1.54, 1.807) is 0 Å². The molecule has 0 bridgehead atoms. The van der Waals surface area contributed by atoms with Gasteiger partial charge in [-0.15, -0.1) is 0 Å². The van der Waals surface area contributed by atoms with Crippen LogP contribution in [0.15, 0.2) is 46.6 Å². The van der Waals surface area contributed by atoms with Gasteiger partial charge in [0.1, 0.15) is 31.8 Å². The van der Waals surface area contributed by atoms with Gasteiger partial charge in [0.25, 0.3) is 0 Å². The van der Waals surface area contributed by atoms with Crippen LogP contribution in [0, 0.1) is 5.41 Å². The summed E-state index contributed by atoms with van der Waals surface area (Å²) in [6.45, 7) is -0.912. The van der Waals surface area contributed by atoms with E-state index in [1.165, 1.54) is 0 Å². The van der Waals surface area contributed by atoms with Gasteiger partial charge in [-0.3, -0.25) is 0 Å². The zero-order chi connectivity index (χ0) is 28.9. The number of carbonyl (C=O) groups is 4. The smallest absolute Gasteiger partial charge is 0.333 e. The first-order chi connectivity index (χ1) is 20.0. The largest absolute Gasteiger partial charge is 0.461 e. The highest BCUT2D eigenvalue weighted by Gasteiger charge is 2.39. The fourth-order valence-corrected chi connectivity index (χ4v) is 5.59. The number of esters is 4. The number of ether oxygens (including phenoxy) is 4. The number of allylic oxidation sites excluding steroid dienone is 4. The standard InChI is InChI=1S/C33H44O8/c34-29(25-13-5-1-6-14-25)38-21-33(22-39-30(35)26-15-7-2-8-16-26,23-40-31(36)27-17-9-3-10-18-27)24-41-32(37)28-19-11-4-12-20-28/h13,15,17,19H,1-12,14,16,18,20-24H2. The van der Waals surface area contributed by atoms with Crippen molar-refractivity contribution in [2.24, 2.45) is 5.41 Å². The predicted molar refractivity (Wildman–Crippen MR) is 152 cm³/mol. The van der Waals surface area contributed by atoms with Crippen molar-refractivity contribution in [3.05, 3.63) is 46.6 Å². The second-order valence-corrected chi connectivity index (χ2v) is 11.7. The molecule has 0 atom stereocenters. The van der Waals surface area contributed by atoms with Crippen LogP contribution in [0.1, 0.15) is 103 Å². The van der Waals surface area contributed by atoms with E-state index in [0.29, 0.717) is 48.0 Å². The summed E-state index contributed by atoms with van der Waals surface area (Å²) in [6.07, 6.45) is 21.2. The van der Waals surface area contributed by atoms with Gasteiger partial charge >= 0.3 is 23.9 Å². The normalized spacial score (nSPS) is 19.5. The van der Waals surface area contributed by atoms with Crippen molar-refractivity contribution in [1.29, 1.82) is 0 Å². The average molecular weight is 569 g/mol. The molecule has 8 heteroatoms. The van der Waals surface area contributed by atoms with Gasteiger partial charge in [0, 0.05) is 22.3 Å². The van der Waals surface area contributed by atoms with E-state index in [1.807, 2.05) is 24.3 Å². The fourth-order valence-electron chi connectivity index (χ4n) is 5.59. The molecule has 0 fully saturated rings. The first-order valence-electron chi connectivity index (χ1n) is 15.4. The second-order valence-electron chi connectivity index (χ2n) is 11.7. The van der Waals surface area contributed by atoms with Crippen molar-refractivity contribution in [3.63, 3.8) is 0 Å². The maximum atomic E-state index is 13.0. The molecule has 0 heterocycles. The Morgan fingerprint density at radius 3 is 0.878 bits per heavy atom. The Hall–Kier alpha value is -3.16. The molecule has 0 amide bonds. The van der Waals surface area contributed by atoms with E-state index >= 15 is 0 Å². The first kappa shape index (κ1) is 30.8. The Morgan fingerprint density at radius 1 is 0.439 bits per heavy atom. The number of carbonyl (C=O) groups excluding carboxylic acids is 4. The summed E-state index contributed by atoms with van der Waals surface area (Å²) in [7, 11) is 0. The van der Waals surface area contributed by atoms with Crippen LogP contribution in [0.5, 0.6) is 0 Å². The van der Waals surface area contributed by atoms with E-state index < -0.39 is 29.3 Å². The molecule has 4 rings (SSSR count). The summed E-state index contributed by atoms with van der Waals surface area (Å²) in [6, 6.07) is 0. The van der Waals surface area contributed by atoms with Crippen LogP contribution in [-0.2, 0) is 38.1 Å². The maximum absolute atomic E-state index is 13.0. The summed E-state index contributed by atoms with van der Waals surface area (Å²) >= 11 is 0. The van der Waals surface area contributed by atoms with Crippen molar-refractivity contribution < 1.29 is 38.1 Å². The van der Waals surface area contributed by atoms with E-state index in [0.717, 1.165) is 77.0 Å². The van der Waals surface area contributed by atoms with E-state index in [9.17, 15) is 19.2 Å². The van der Waals surface area contributed by atoms with Gasteiger partial charge in [-0.2, -0.15) is 0 Å². The van der Waals surface area contributed by atoms with E-state index in [-0.39, 0.29) is 26.4 Å². The lowest BCUT2D eigenvalue weighted by Crippen LogP contribution is -2.44. The SMILES string of the molecule is O=C(OCC(COC(=O)C1=CCCCC1)(COC(=O)C1=CCCCC1)COC(=O)C1=CCCCC1)C1=CCCCC1. The second kappa shape index (κ2) is 15.7. The highest BCUT2D eigenvalue weighted by molar-refractivity contribution is 5.90. The van der Waals surface area contributed by atoms with Crippen molar-refractivity contribution in [3.8, 4) is 0 Å². The Bertz CT molecular complexity index is 919. The molecule has 0 saturated heterocycles. The van der Waals surface area contributed by atoms with Gasteiger partial charge < -0.3 is 18.9 Å². The van der Waals surface area contributed by atoms with Crippen molar-refractivity contribution >= 4 is 23.9 Å². The Labute approximate surface area is 243 Å². The molecule has 0 radical (unpaired) electrons. The lowest BCUT2D eigenvalue weighted by molar-refractivity contribution is -0.166. The molecular formula is C33H44O8. The summed E-state index contributed by atoms with van der Waals surface area (Å²) in [5.41, 5.74) is 1.20. The molecule has 0 unspecified atom stereocenters. The molecule has 8 nitrogen and oxygen atoms in total. The Morgan fingerprint density at radius 2 is 0.683 bits per heavy atom. The molecule has 0 aromatic heterocycles. The minimum atomic E-state index is -1.26.